The molecule has 1 heterocycles. The van der Waals surface area contributed by atoms with Crippen LogP contribution in [0.3, 0.4) is 0 Å². The fraction of sp³-hybridized carbons (Fsp3) is 0.385. The van der Waals surface area contributed by atoms with Gasteiger partial charge in [-0.15, -0.1) is 0 Å². The van der Waals surface area contributed by atoms with E-state index in [1.807, 2.05) is 13.8 Å². The summed E-state index contributed by atoms with van der Waals surface area (Å²) in [5.74, 6) is 0.946. The largest absolute Gasteiger partial charge is 0.485 e. The first-order valence-electron chi connectivity index (χ1n) is 5.94. The number of aliphatic hydroxyl groups excluding tert-OH is 1. The van der Waals surface area contributed by atoms with Crippen molar-refractivity contribution in [2.45, 2.75) is 33.0 Å². The second-order valence-corrected chi connectivity index (χ2v) is 4.45. The molecule has 0 spiro atoms. The Balaban J connectivity index is 2.03. The predicted octanol–water partition coefficient (Wildman–Crippen LogP) is 2.40. The van der Waals surface area contributed by atoms with E-state index in [0.717, 1.165) is 0 Å². The van der Waals surface area contributed by atoms with Gasteiger partial charge in [-0.1, -0.05) is 19.0 Å². The molecule has 0 saturated carbocycles. The van der Waals surface area contributed by atoms with Gasteiger partial charge in [-0.05, 0) is 17.7 Å². The van der Waals surface area contributed by atoms with Gasteiger partial charge < -0.3 is 14.4 Å². The molecule has 2 aromatic rings. The molecule has 1 aromatic carbocycles. The number of rotatable bonds is 5. The van der Waals surface area contributed by atoms with E-state index in [1.165, 1.54) is 12.1 Å². The molecule has 0 aliphatic carbocycles. The van der Waals surface area contributed by atoms with Gasteiger partial charge in [0.25, 0.3) is 0 Å². The van der Waals surface area contributed by atoms with Crippen molar-refractivity contribution >= 4 is 0 Å². The van der Waals surface area contributed by atoms with Crippen LogP contribution in [0.25, 0.3) is 0 Å². The van der Waals surface area contributed by atoms with Gasteiger partial charge in [-0.3, -0.25) is 0 Å². The van der Waals surface area contributed by atoms with Crippen molar-refractivity contribution in [3.8, 4) is 5.75 Å². The number of aliphatic hydroxyl groups is 1. The van der Waals surface area contributed by atoms with Crippen LogP contribution in [-0.4, -0.2) is 15.2 Å². The number of ether oxygens (including phenoxy) is 1. The fourth-order valence-electron chi connectivity index (χ4n) is 1.50. The summed E-state index contributed by atoms with van der Waals surface area (Å²) in [7, 11) is 0. The highest BCUT2D eigenvalue weighted by Gasteiger charge is 2.10. The second-order valence-electron chi connectivity index (χ2n) is 4.45. The molecule has 0 unspecified atom stereocenters. The highest BCUT2D eigenvalue weighted by Crippen LogP contribution is 2.18. The molecule has 0 aliphatic rings. The minimum atomic E-state index is -0.461. The SMILES string of the molecule is CC(C)c1nc(COc2cc(F)cc(CO)c2)no1. The van der Waals surface area contributed by atoms with Crippen LogP contribution in [0.2, 0.25) is 0 Å². The molecule has 6 heteroatoms. The summed E-state index contributed by atoms with van der Waals surface area (Å²) in [4.78, 5) is 4.14. The molecular weight excluding hydrogens is 251 g/mol. The zero-order chi connectivity index (χ0) is 13.8. The standard InChI is InChI=1S/C13H15FN2O3/c1-8(2)13-15-12(16-19-13)7-18-11-4-9(6-17)3-10(14)5-11/h3-5,8,17H,6-7H2,1-2H3. The van der Waals surface area contributed by atoms with E-state index in [1.54, 1.807) is 6.07 Å². The quantitative estimate of drug-likeness (QED) is 0.900. The number of benzene rings is 1. The second kappa shape index (κ2) is 5.79. The Bertz CT molecular complexity index is 555. The summed E-state index contributed by atoms with van der Waals surface area (Å²) in [6.07, 6.45) is 0. The van der Waals surface area contributed by atoms with E-state index >= 15 is 0 Å². The van der Waals surface area contributed by atoms with Gasteiger partial charge in [0.05, 0.1) is 6.61 Å². The van der Waals surface area contributed by atoms with Gasteiger partial charge in [0.15, 0.2) is 6.61 Å². The van der Waals surface area contributed by atoms with Gasteiger partial charge in [-0.25, -0.2) is 4.39 Å². The number of hydrogen-bond donors (Lipinski definition) is 1. The lowest BCUT2D eigenvalue weighted by Gasteiger charge is -2.05. The summed E-state index contributed by atoms with van der Waals surface area (Å²) < 4.78 is 23.6. The molecule has 0 saturated heterocycles. The Hall–Kier alpha value is -1.95. The van der Waals surface area contributed by atoms with Crippen molar-refractivity contribution in [1.29, 1.82) is 0 Å². The van der Waals surface area contributed by atoms with Crippen molar-refractivity contribution in [2.24, 2.45) is 0 Å². The maximum Gasteiger partial charge on any atom is 0.229 e. The molecule has 0 aliphatic heterocycles. The third-order valence-corrected chi connectivity index (χ3v) is 2.46. The van der Waals surface area contributed by atoms with Crippen molar-refractivity contribution in [3.05, 3.63) is 41.3 Å². The third-order valence-electron chi connectivity index (χ3n) is 2.46. The molecule has 0 fully saturated rings. The maximum atomic E-state index is 13.2. The first-order valence-corrected chi connectivity index (χ1v) is 5.94. The van der Waals surface area contributed by atoms with Crippen molar-refractivity contribution < 1.29 is 18.8 Å². The first-order chi connectivity index (χ1) is 9.08. The lowest BCUT2D eigenvalue weighted by molar-refractivity contribution is 0.271. The Kier molecular flexibility index (Phi) is 4.11. The van der Waals surface area contributed by atoms with Gasteiger partial charge in [0.2, 0.25) is 11.7 Å². The van der Waals surface area contributed by atoms with Gasteiger partial charge >= 0.3 is 0 Å². The van der Waals surface area contributed by atoms with Crippen LogP contribution in [-0.2, 0) is 13.2 Å². The molecule has 2 rings (SSSR count). The molecule has 1 aromatic heterocycles. The zero-order valence-electron chi connectivity index (χ0n) is 10.8. The lowest BCUT2D eigenvalue weighted by atomic mass is 10.2. The minimum absolute atomic E-state index is 0.0878. The minimum Gasteiger partial charge on any atom is -0.485 e. The Morgan fingerprint density at radius 2 is 2.16 bits per heavy atom. The van der Waals surface area contributed by atoms with Crippen LogP contribution in [0, 0.1) is 5.82 Å². The van der Waals surface area contributed by atoms with Crippen LogP contribution in [0.15, 0.2) is 22.7 Å². The summed E-state index contributed by atoms with van der Waals surface area (Å²) >= 11 is 0. The van der Waals surface area contributed by atoms with Crippen LogP contribution < -0.4 is 4.74 Å². The Morgan fingerprint density at radius 1 is 1.37 bits per heavy atom. The monoisotopic (exact) mass is 266 g/mol. The number of nitrogens with zero attached hydrogens (tertiary/aromatic N) is 2. The van der Waals surface area contributed by atoms with Gasteiger partial charge in [-0.2, -0.15) is 4.98 Å². The third kappa shape index (κ3) is 3.51. The molecule has 102 valence electrons. The normalized spacial score (nSPS) is 11.0. The summed E-state index contributed by atoms with van der Waals surface area (Å²) in [6, 6.07) is 4.05. The zero-order valence-corrected chi connectivity index (χ0v) is 10.8. The number of hydrogen-bond acceptors (Lipinski definition) is 5. The molecule has 5 nitrogen and oxygen atoms in total. The fourth-order valence-corrected chi connectivity index (χ4v) is 1.50. The molecule has 0 amide bonds. The smallest absolute Gasteiger partial charge is 0.229 e. The molecule has 0 bridgehead atoms. The Labute approximate surface area is 110 Å². The average molecular weight is 266 g/mol. The first kappa shape index (κ1) is 13.5. The lowest BCUT2D eigenvalue weighted by Crippen LogP contribution is -1.99. The molecule has 0 radical (unpaired) electrons. The van der Waals surface area contributed by atoms with Crippen LogP contribution in [0.5, 0.6) is 5.75 Å². The van der Waals surface area contributed by atoms with Gasteiger partial charge in [0.1, 0.15) is 11.6 Å². The maximum absolute atomic E-state index is 13.2. The van der Waals surface area contributed by atoms with E-state index in [9.17, 15) is 4.39 Å². The van der Waals surface area contributed by atoms with E-state index in [2.05, 4.69) is 10.1 Å². The summed E-state index contributed by atoms with van der Waals surface area (Å²) in [5.41, 5.74) is 0.450. The van der Waals surface area contributed by atoms with Crippen molar-refractivity contribution in [2.75, 3.05) is 0 Å². The van der Waals surface area contributed by atoms with Crippen molar-refractivity contribution in [3.63, 3.8) is 0 Å². The average Bonchev–Trinajstić information content (AvgIpc) is 2.84. The highest BCUT2D eigenvalue weighted by molar-refractivity contribution is 5.29. The molecular formula is C13H15FN2O3. The van der Waals surface area contributed by atoms with E-state index in [4.69, 9.17) is 14.4 Å². The highest BCUT2D eigenvalue weighted by atomic mass is 19.1. The molecule has 1 N–H and O–H groups in total. The molecule has 19 heavy (non-hydrogen) atoms. The predicted molar refractivity (Wildman–Crippen MR) is 65.0 cm³/mol. The summed E-state index contributed by atoms with van der Waals surface area (Å²) in [6.45, 7) is 3.73. The van der Waals surface area contributed by atoms with E-state index < -0.39 is 5.82 Å². The topological polar surface area (TPSA) is 68.4 Å². The van der Waals surface area contributed by atoms with Gasteiger partial charge in [0, 0.05) is 12.0 Å². The van der Waals surface area contributed by atoms with Crippen LogP contribution in [0.4, 0.5) is 4.39 Å². The van der Waals surface area contributed by atoms with E-state index in [0.29, 0.717) is 23.0 Å². The van der Waals surface area contributed by atoms with E-state index in [-0.39, 0.29) is 19.1 Å². The summed E-state index contributed by atoms with van der Waals surface area (Å²) in [5, 5.41) is 12.7. The van der Waals surface area contributed by atoms with Crippen LogP contribution in [0.1, 0.15) is 37.0 Å². The number of aromatic nitrogens is 2. The van der Waals surface area contributed by atoms with Crippen molar-refractivity contribution in [1.82, 2.24) is 10.1 Å². The number of halogens is 1. The molecule has 0 atom stereocenters. The van der Waals surface area contributed by atoms with Crippen LogP contribution >= 0.6 is 0 Å². The Morgan fingerprint density at radius 3 is 2.79 bits per heavy atom.